The zero-order valence-corrected chi connectivity index (χ0v) is 15.5. The lowest BCUT2D eigenvalue weighted by molar-refractivity contribution is 0.0743. The molecule has 27 heavy (non-hydrogen) atoms. The molecule has 1 aliphatic carbocycles. The number of amides is 1. The van der Waals surface area contributed by atoms with Gasteiger partial charge < -0.3 is 13.8 Å². The summed E-state index contributed by atoms with van der Waals surface area (Å²) >= 11 is 5.99. The Morgan fingerprint density at radius 1 is 1.33 bits per heavy atom. The molecule has 0 bridgehead atoms. The number of hydrogen-bond acceptors (Lipinski definition) is 6. The van der Waals surface area contributed by atoms with Crippen molar-refractivity contribution in [3.05, 3.63) is 57.0 Å². The Balaban J connectivity index is 1.59. The Kier molecular flexibility index (Phi) is 4.70. The molecule has 1 amide bonds. The summed E-state index contributed by atoms with van der Waals surface area (Å²) in [6.07, 6.45) is 3.28. The first-order chi connectivity index (χ1) is 13.0. The van der Waals surface area contributed by atoms with E-state index in [0.29, 0.717) is 40.2 Å². The first-order valence-electron chi connectivity index (χ1n) is 8.90. The highest BCUT2D eigenvalue weighted by Gasteiger charge is 2.27. The van der Waals surface area contributed by atoms with E-state index in [1.807, 2.05) is 6.92 Å². The van der Waals surface area contributed by atoms with Gasteiger partial charge in [-0.1, -0.05) is 23.2 Å². The maximum atomic E-state index is 12.9. The predicted molar refractivity (Wildman–Crippen MR) is 98.8 cm³/mol. The fraction of sp³-hybridized carbons (Fsp3) is 0.368. The van der Waals surface area contributed by atoms with Gasteiger partial charge in [0.25, 0.3) is 5.91 Å². The number of carbonyl (C=O) groups excluding carboxylic acids is 1. The Bertz CT molecular complexity index is 1050. The Hall–Kier alpha value is -2.67. The molecule has 1 aromatic carbocycles. The largest absolute Gasteiger partial charge is 0.422 e. The Morgan fingerprint density at radius 2 is 2.15 bits per heavy atom. The molecule has 4 rings (SSSR count). The maximum Gasteiger partial charge on any atom is 0.349 e. The van der Waals surface area contributed by atoms with Gasteiger partial charge in [0.2, 0.25) is 5.89 Å². The minimum Gasteiger partial charge on any atom is -0.422 e. The van der Waals surface area contributed by atoms with Gasteiger partial charge in [0.05, 0.1) is 6.54 Å². The lowest BCUT2D eigenvalue weighted by atomic mass is 9.85. The van der Waals surface area contributed by atoms with E-state index >= 15 is 0 Å². The van der Waals surface area contributed by atoms with E-state index in [1.54, 1.807) is 18.2 Å². The van der Waals surface area contributed by atoms with Crippen molar-refractivity contribution in [1.82, 2.24) is 15.0 Å². The number of nitrogens with zero attached hydrogens (tertiary/aromatic N) is 3. The van der Waals surface area contributed by atoms with Crippen molar-refractivity contribution in [2.75, 3.05) is 6.54 Å². The van der Waals surface area contributed by atoms with Crippen LogP contribution in [0.15, 0.2) is 38.0 Å². The average molecular weight is 388 g/mol. The van der Waals surface area contributed by atoms with Crippen molar-refractivity contribution in [2.24, 2.45) is 0 Å². The summed E-state index contributed by atoms with van der Waals surface area (Å²) in [6, 6.07) is 6.39. The first kappa shape index (κ1) is 17.7. The minimum atomic E-state index is -0.684. The van der Waals surface area contributed by atoms with Crippen molar-refractivity contribution in [3.8, 4) is 0 Å². The molecule has 2 aromatic heterocycles. The zero-order chi connectivity index (χ0) is 19.0. The van der Waals surface area contributed by atoms with Crippen molar-refractivity contribution in [1.29, 1.82) is 0 Å². The predicted octanol–water partition coefficient (Wildman–Crippen LogP) is 3.76. The van der Waals surface area contributed by atoms with Gasteiger partial charge in [-0.15, -0.1) is 0 Å². The fourth-order valence-corrected chi connectivity index (χ4v) is 3.24. The zero-order valence-electron chi connectivity index (χ0n) is 14.8. The summed E-state index contributed by atoms with van der Waals surface area (Å²) < 4.78 is 10.6. The third kappa shape index (κ3) is 3.47. The number of carbonyl (C=O) groups is 1. The number of benzene rings is 1. The summed E-state index contributed by atoms with van der Waals surface area (Å²) in [7, 11) is 0. The van der Waals surface area contributed by atoms with Gasteiger partial charge in [0, 0.05) is 22.9 Å². The maximum absolute atomic E-state index is 12.9. The van der Waals surface area contributed by atoms with Gasteiger partial charge in [-0.25, -0.2) is 4.79 Å². The molecular formula is C19H18ClN3O4. The number of rotatable bonds is 5. The molecule has 1 fully saturated rings. The molecule has 1 aliphatic rings. The summed E-state index contributed by atoms with van der Waals surface area (Å²) in [5, 5.41) is 5.06. The van der Waals surface area contributed by atoms with Crippen molar-refractivity contribution < 1.29 is 13.7 Å². The van der Waals surface area contributed by atoms with Gasteiger partial charge in [-0.3, -0.25) is 4.79 Å². The summed E-state index contributed by atoms with van der Waals surface area (Å²) in [6.45, 7) is 2.38. The quantitative estimate of drug-likeness (QED) is 0.619. The topological polar surface area (TPSA) is 89.4 Å². The molecule has 0 saturated heterocycles. The van der Waals surface area contributed by atoms with Crippen LogP contribution in [0.5, 0.6) is 0 Å². The van der Waals surface area contributed by atoms with Crippen LogP contribution >= 0.6 is 11.6 Å². The average Bonchev–Trinajstić information content (AvgIpc) is 3.05. The third-order valence-corrected chi connectivity index (χ3v) is 5.10. The molecule has 0 aliphatic heterocycles. The highest BCUT2D eigenvalue weighted by atomic mass is 35.5. The molecule has 3 aromatic rings. The van der Waals surface area contributed by atoms with Crippen molar-refractivity contribution in [2.45, 2.75) is 38.6 Å². The molecule has 0 spiro atoms. The molecule has 8 heteroatoms. The van der Waals surface area contributed by atoms with Crippen LogP contribution in [0.4, 0.5) is 0 Å². The van der Waals surface area contributed by atoms with Crippen LogP contribution in [-0.4, -0.2) is 27.5 Å². The van der Waals surface area contributed by atoms with Gasteiger partial charge in [-0.05, 0) is 44.0 Å². The van der Waals surface area contributed by atoms with E-state index < -0.39 is 11.5 Å². The van der Waals surface area contributed by atoms with Crippen LogP contribution in [0.2, 0.25) is 5.02 Å². The lowest BCUT2D eigenvalue weighted by Crippen LogP contribution is -2.33. The van der Waals surface area contributed by atoms with E-state index in [4.69, 9.17) is 20.5 Å². The van der Waals surface area contributed by atoms with Gasteiger partial charge in [0.1, 0.15) is 11.1 Å². The van der Waals surface area contributed by atoms with Crippen molar-refractivity contribution in [3.63, 3.8) is 0 Å². The van der Waals surface area contributed by atoms with E-state index in [1.165, 1.54) is 17.4 Å². The van der Waals surface area contributed by atoms with Crippen LogP contribution in [-0.2, 0) is 6.54 Å². The van der Waals surface area contributed by atoms with Crippen LogP contribution in [0.3, 0.4) is 0 Å². The SMILES string of the molecule is CCN(Cc1noc(C2CCC2)n1)C(=O)c1cc2cc(Cl)ccc2oc1=O. The standard InChI is InChI=1S/C19H18ClN3O4/c1-2-23(10-16-21-17(27-22-16)11-4-3-5-11)18(24)14-9-12-8-13(20)6-7-15(12)26-19(14)25/h6-9,11H,2-5,10H2,1H3. The monoisotopic (exact) mass is 387 g/mol. The van der Waals surface area contributed by atoms with E-state index in [2.05, 4.69) is 10.1 Å². The van der Waals surface area contributed by atoms with Crippen molar-refractivity contribution >= 4 is 28.5 Å². The normalized spacial score (nSPS) is 14.3. The summed E-state index contributed by atoms with van der Waals surface area (Å²) in [4.78, 5) is 31.0. The number of halogens is 1. The minimum absolute atomic E-state index is 0.0469. The van der Waals surface area contributed by atoms with Gasteiger partial charge >= 0.3 is 5.63 Å². The van der Waals surface area contributed by atoms with Crippen LogP contribution in [0.1, 0.15) is 54.2 Å². The fourth-order valence-electron chi connectivity index (χ4n) is 3.06. The Labute approximate surface area is 159 Å². The molecule has 0 radical (unpaired) electrons. The molecule has 0 atom stereocenters. The summed E-state index contributed by atoms with van der Waals surface area (Å²) in [5.74, 6) is 0.942. The summed E-state index contributed by atoms with van der Waals surface area (Å²) in [5.41, 5.74) is -0.349. The molecule has 140 valence electrons. The molecule has 1 saturated carbocycles. The molecule has 0 N–H and O–H groups in total. The van der Waals surface area contributed by atoms with Gasteiger partial charge in [0.15, 0.2) is 5.82 Å². The molecule has 0 unspecified atom stereocenters. The van der Waals surface area contributed by atoms with Crippen LogP contribution < -0.4 is 5.63 Å². The second kappa shape index (κ2) is 7.15. The number of aromatic nitrogens is 2. The third-order valence-electron chi connectivity index (χ3n) is 4.86. The highest BCUT2D eigenvalue weighted by molar-refractivity contribution is 6.31. The second-order valence-electron chi connectivity index (χ2n) is 6.63. The highest BCUT2D eigenvalue weighted by Crippen LogP contribution is 2.35. The lowest BCUT2D eigenvalue weighted by Gasteiger charge is -2.20. The van der Waals surface area contributed by atoms with Crippen LogP contribution in [0, 0.1) is 0 Å². The number of fused-ring (bicyclic) bond motifs is 1. The van der Waals surface area contributed by atoms with Gasteiger partial charge in [-0.2, -0.15) is 4.98 Å². The molecule has 2 heterocycles. The molecular weight excluding hydrogens is 370 g/mol. The number of hydrogen-bond donors (Lipinski definition) is 0. The second-order valence-corrected chi connectivity index (χ2v) is 7.06. The van der Waals surface area contributed by atoms with E-state index in [-0.39, 0.29) is 12.1 Å². The smallest absolute Gasteiger partial charge is 0.349 e. The van der Waals surface area contributed by atoms with Crippen LogP contribution in [0.25, 0.3) is 11.0 Å². The molecule has 7 nitrogen and oxygen atoms in total. The van der Waals surface area contributed by atoms with E-state index in [9.17, 15) is 9.59 Å². The van der Waals surface area contributed by atoms with E-state index in [0.717, 1.165) is 12.8 Å². The Morgan fingerprint density at radius 3 is 2.85 bits per heavy atom. The first-order valence-corrected chi connectivity index (χ1v) is 9.28.